The SMILES string of the molecule is C[C@@H]1C[C@@H](CCN(C)CCC(=O)OCc2ccccc2)c2cc(Cl)ccc21. The second-order valence-electron chi connectivity index (χ2n) is 7.60. The van der Waals surface area contributed by atoms with Gasteiger partial charge < -0.3 is 9.64 Å². The minimum atomic E-state index is -0.141. The number of fused-ring (bicyclic) bond motifs is 1. The molecule has 3 nitrogen and oxygen atoms in total. The molecule has 4 heteroatoms. The van der Waals surface area contributed by atoms with Gasteiger partial charge in [-0.2, -0.15) is 0 Å². The molecular formula is C23H28ClNO2. The van der Waals surface area contributed by atoms with Crippen LogP contribution in [0.2, 0.25) is 5.02 Å². The Morgan fingerprint density at radius 2 is 1.93 bits per heavy atom. The maximum Gasteiger partial charge on any atom is 0.307 e. The number of carbonyl (C=O) groups is 1. The number of rotatable bonds is 8. The Hall–Kier alpha value is -1.84. The first-order chi connectivity index (χ1) is 13.0. The largest absolute Gasteiger partial charge is 0.461 e. The third-order valence-electron chi connectivity index (χ3n) is 5.46. The van der Waals surface area contributed by atoms with Gasteiger partial charge in [-0.3, -0.25) is 4.79 Å². The summed E-state index contributed by atoms with van der Waals surface area (Å²) in [6.45, 7) is 4.33. The molecule has 0 spiro atoms. The highest BCUT2D eigenvalue weighted by Gasteiger charge is 2.28. The lowest BCUT2D eigenvalue weighted by Gasteiger charge is -2.19. The summed E-state index contributed by atoms with van der Waals surface area (Å²) in [7, 11) is 2.07. The molecule has 144 valence electrons. The van der Waals surface area contributed by atoms with Crippen LogP contribution in [0.3, 0.4) is 0 Å². The molecule has 0 aliphatic heterocycles. The Balaban J connectivity index is 1.40. The first-order valence-corrected chi connectivity index (χ1v) is 10.1. The van der Waals surface area contributed by atoms with Crippen LogP contribution in [0.4, 0.5) is 0 Å². The Bertz CT molecular complexity index is 762. The normalized spacial score (nSPS) is 18.5. The molecule has 0 saturated carbocycles. The number of benzene rings is 2. The van der Waals surface area contributed by atoms with Gasteiger partial charge in [-0.15, -0.1) is 0 Å². The second-order valence-corrected chi connectivity index (χ2v) is 8.03. The molecule has 0 bridgehead atoms. The summed E-state index contributed by atoms with van der Waals surface area (Å²) in [4.78, 5) is 14.2. The average Bonchev–Trinajstić information content (AvgIpc) is 2.98. The van der Waals surface area contributed by atoms with Crippen LogP contribution < -0.4 is 0 Å². The highest BCUT2D eigenvalue weighted by Crippen LogP contribution is 2.44. The predicted octanol–water partition coefficient (Wildman–Crippen LogP) is 5.39. The fraction of sp³-hybridized carbons (Fsp3) is 0.435. The number of hydrogen-bond donors (Lipinski definition) is 0. The lowest BCUT2D eigenvalue weighted by molar-refractivity contribution is -0.145. The summed E-state index contributed by atoms with van der Waals surface area (Å²) >= 11 is 6.20. The molecule has 2 atom stereocenters. The average molecular weight is 386 g/mol. The Morgan fingerprint density at radius 1 is 1.15 bits per heavy atom. The molecule has 0 amide bonds. The van der Waals surface area contributed by atoms with Gasteiger partial charge in [0.1, 0.15) is 6.61 Å². The third-order valence-corrected chi connectivity index (χ3v) is 5.69. The molecule has 0 unspecified atom stereocenters. The summed E-state index contributed by atoms with van der Waals surface area (Å²) in [6.07, 6.45) is 2.70. The van der Waals surface area contributed by atoms with E-state index in [1.54, 1.807) is 0 Å². The van der Waals surface area contributed by atoms with Gasteiger partial charge in [-0.25, -0.2) is 0 Å². The van der Waals surface area contributed by atoms with Crippen molar-refractivity contribution in [2.24, 2.45) is 0 Å². The van der Waals surface area contributed by atoms with Crippen molar-refractivity contribution in [1.29, 1.82) is 0 Å². The van der Waals surface area contributed by atoms with Crippen molar-refractivity contribution in [3.05, 3.63) is 70.2 Å². The van der Waals surface area contributed by atoms with Crippen molar-refractivity contribution in [1.82, 2.24) is 4.90 Å². The lowest BCUT2D eigenvalue weighted by atomic mass is 9.97. The highest BCUT2D eigenvalue weighted by atomic mass is 35.5. The fourth-order valence-electron chi connectivity index (χ4n) is 3.88. The number of nitrogens with zero attached hydrogens (tertiary/aromatic N) is 1. The molecule has 0 N–H and O–H groups in total. The van der Waals surface area contributed by atoms with Crippen LogP contribution in [0.15, 0.2) is 48.5 Å². The smallest absolute Gasteiger partial charge is 0.307 e. The van der Waals surface area contributed by atoms with Crippen LogP contribution in [0.1, 0.15) is 54.7 Å². The van der Waals surface area contributed by atoms with E-state index in [1.165, 1.54) is 17.5 Å². The van der Waals surface area contributed by atoms with Gasteiger partial charge in [0, 0.05) is 11.6 Å². The molecule has 0 heterocycles. The monoisotopic (exact) mass is 385 g/mol. The van der Waals surface area contributed by atoms with E-state index in [2.05, 4.69) is 31.0 Å². The van der Waals surface area contributed by atoms with E-state index in [0.29, 0.717) is 24.9 Å². The van der Waals surface area contributed by atoms with Crippen LogP contribution >= 0.6 is 11.6 Å². The second kappa shape index (κ2) is 9.38. The zero-order valence-electron chi connectivity index (χ0n) is 16.2. The maximum atomic E-state index is 12.0. The van der Waals surface area contributed by atoms with Gasteiger partial charge in [0.2, 0.25) is 0 Å². The van der Waals surface area contributed by atoms with E-state index in [-0.39, 0.29) is 5.97 Å². The molecule has 0 fully saturated rings. The number of ether oxygens (including phenoxy) is 1. The molecule has 2 aromatic carbocycles. The zero-order valence-corrected chi connectivity index (χ0v) is 16.9. The predicted molar refractivity (Wildman–Crippen MR) is 110 cm³/mol. The van der Waals surface area contributed by atoms with Crippen LogP contribution in [0, 0.1) is 0 Å². The van der Waals surface area contributed by atoms with E-state index >= 15 is 0 Å². The first kappa shape index (κ1) is 19.9. The maximum absolute atomic E-state index is 12.0. The summed E-state index contributed by atoms with van der Waals surface area (Å²) in [5.41, 5.74) is 3.87. The van der Waals surface area contributed by atoms with Crippen LogP contribution in [-0.2, 0) is 16.1 Å². The number of esters is 1. The Morgan fingerprint density at radius 3 is 2.70 bits per heavy atom. The van der Waals surface area contributed by atoms with Gasteiger partial charge >= 0.3 is 5.97 Å². The molecule has 0 aromatic heterocycles. The minimum absolute atomic E-state index is 0.141. The number of carbonyl (C=O) groups excluding carboxylic acids is 1. The van der Waals surface area contributed by atoms with Gasteiger partial charge in [0.05, 0.1) is 6.42 Å². The summed E-state index contributed by atoms with van der Waals surface area (Å²) in [5.74, 6) is 1.01. The molecule has 3 rings (SSSR count). The van der Waals surface area contributed by atoms with Gasteiger partial charge in [0.25, 0.3) is 0 Å². The van der Waals surface area contributed by atoms with Crippen LogP contribution in [-0.4, -0.2) is 31.0 Å². The van der Waals surface area contributed by atoms with E-state index in [9.17, 15) is 4.79 Å². The fourth-order valence-corrected chi connectivity index (χ4v) is 4.06. The molecule has 27 heavy (non-hydrogen) atoms. The van der Waals surface area contributed by atoms with Crippen molar-refractivity contribution in [3.63, 3.8) is 0 Å². The van der Waals surface area contributed by atoms with Crippen molar-refractivity contribution < 1.29 is 9.53 Å². The first-order valence-electron chi connectivity index (χ1n) is 9.70. The Labute approximate surface area is 167 Å². The number of hydrogen-bond acceptors (Lipinski definition) is 3. The quantitative estimate of drug-likeness (QED) is 0.571. The standard InChI is InChI=1S/C23H28ClNO2/c1-17-14-19(22-15-20(24)8-9-21(17)22)10-12-25(2)13-11-23(26)27-16-18-6-4-3-5-7-18/h3-9,15,17,19H,10-14,16H2,1-2H3/t17-,19-/m1/s1. The summed E-state index contributed by atoms with van der Waals surface area (Å²) < 4.78 is 5.35. The van der Waals surface area contributed by atoms with E-state index in [1.807, 2.05) is 36.4 Å². The summed E-state index contributed by atoms with van der Waals surface area (Å²) in [5, 5.41) is 0.822. The van der Waals surface area contributed by atoms with Gasteiger partial charge in [0.15, 0.2) is 0 Å². The lowest BCUT2D eigenvalue weighted by Crippen LogP contribution is -2.24. The topological polar surface area (TPSA) is 29.5 Å². The molecular weight excluding hydrogens is 358 g/mol. The minimum Gasteiger partial charge on any atom is -0.461 e. The molecule has 0 radical (unpaired) electrons. The van der Waals surface area contributed by atoms with Gasteiger partial charge in [-0.05, 0) is 67.1 Å². The van der Waals surface area contributed by atoms with Crippen LogP contribution in [0.25, 0.3) is 0 Å². The van der Waals surface area contributed by atoms with Crippen molar-refractivity contribution >= 4 is 17.6 Å². The van der Waals surface area contributed by atoms with Crippen molar-refractivity contribution in [2.45, 2.75) is 44.6 Å². The molecule has 2 aromatic rings. The van der Waals surface area contributed by atoms with E-state index < -0.39 is 0 Å². The molecule has 1 aliphatic rings. The summed E-state index contributed by atoms with van der Waals surface area (Å²) in [6, 6.07) is 16.1. The third kappa shape index (κ3) is 5.57. The van der Waals surface area contributed by atoms with Crippen LogP contribution in [0.5, 0.6) is 0 Å². The van der Waals surface area contributed by atoms with Crippen molar-refractivity contribution in [3.8, 4) is 0 Å². The zero-order chi connectivity index (χ0) is 19.2. The highest BCUT2D eigenvalue weighted by molar-refractivity contribution is 6.30. The van der Waals surface area contributed by atoms with Crippen molar-refractivity contribution in [2.75, 3.05) is 20.1 Å². The number of halogens is 1. The Kier molecular flexibility index (Phi) is 6.92. The molecule has 0 saturated heterocycles. The van der Waals surface area contributed by atoms with Gasteiger partial charge in [-0.1, -0.05) is 54.9 Å². The van der Waals surface area contributed by atoms with E-state index in [4.69, 9.17) is 16.3 Å². The van der Waals surface area contributed by atoms with E-state index in [0.717, 1.165) is 30.1 Å². The molecule has 1 aliphatic carbocycles.